The SMILES string of the molecule is CCOc1ccc(CN2CC3(CC(C4CCC(C(=O)O)CC4)=NO3)C2)c(OCC)c1-c1ccc(F)cc1. The van der Waals surface area contributed by atoms with Gasteiger partial charge >= 0.3 is 5.97 Å². The van der Waals surface area contributed by atoms with Crippen LogP contribution in [0.25, 0.3) is 11.1 Å². The Morgan fingerprint density at radius 1 is 1.08 bits per heavy atom. The van der Waals surface area contributed by atoms with E-state index in [0.717, 1.165) is 66.3 Å². The standard InChI is InChI=1S/C29H35FN2O5/c1-3-35-25-14-11-22(27(36-4-2)26(25)20-9-12-23(30)13-10-20)16-32-17-29(18-32)15-24(31-37-29)19-5-7-21(8-6-19)28(33)34/h9-14,19,21H,3-8,15-18H2,1-2H3,(H,33,34). The lowest BCUT2D eigenvalue weighted by atomic mass is 9.76. The lowest BCUT2D eigenvalue weighted by Gasteiger charge is -2.45. The molecule has 0 unspecified atom stereocenters. The van der Waals surface area contributed by atoms with Gasteiger partial charge in [0.05, 0.1) is 30.4 Å². The first-order chi connectivity index (χ1) is 17.9. The third kappa shape index (κ3) is 5.30. The first-order valence-electron chi connectivity index (χ1n) is 13.3. The summed E-state index contributed by atoms with van der Waals surface area (Å²) in [6.07, 6.45) is 3.98. The van der Waals surface area contributed by atoms with E-state index in [1.165, 1.54) is 12.1 Å². The van der Waals surface area contributed by atoms with Crippen LogP contribution in [0.15, 0.2) is 41.6 Å². The van der Waals surface area contributed by atoms with Crippen molar-refractivity contribution in [3.63, 3.8) is 0 Å². The summed E-state index contributed by atoms with van der Waals surface area (Å²) in [6.45, 7) is 7.16. The second kappa shape index (κ2) is 10.7. The molecule has 2 aliphatic heterocycles. The number of ether oxygens (including phenoxy) is 2. The first kappa shape index (κ1) is 25.5. The Kier molecular flexibility index (Phi) is 7.38. The van der Waals surface area contributed by atoms with Crippen LogP contribution in [-0.2, 0) is 16.2 Å². The Morgan fingerprint density at radius 3 is 2.43 bits per heavy atom. The van der Waals surface area contributed by atoms with Gasteiger partial charge in [-0.15, -0.1) is 0 Å². The number of carboxylic acids is 1. The van der Waals surface area contributed by atoms with E-state index in [9.17, 15) is 14.3 Å². The zero-order chi connectivity index (χ0) is 26.0. The molecule has 0 amide bonds. The number of hydrogen-bond acceptors (Lipinski definition) is 6. The van der Waals surface area contributed by atoms with Gasteiger partial charge < -0.3 is 19.4 Å². The summed E-state index contributed by atoms with van der Waals surface area (Å²) in [5.74, 6) is 0.627. The summed E-state index contributed by atoms with van der Waals surface area (Å²) >= 11 is 0. The summed E-state index contributed by atoms with van der Waals surface area (Å²) < 4.78 is 25.7. The average Bonchev–Trinajstić information content (AvgIpc) is 3.32. The summed E-state index contributed by atoms with van der Waals surface area (Å²) in [4.78, 5) is 19.6. The minimum absolute atomic E-state index is 0.222. The summed E-state index contributed by atoms with van der Waals surface area (Å²) in [5.41, 5.74) is 3.56. The van der Waals surface area contributed by atoms with E-state index in [2.05, 4.69) is 10.1 Å². The van der Waals surface area contributed by atoms with Gasteiger partial charge in [-0.1, -0.05) is 23.4 Å². The zero-order valence-electron chi connectivity index (χ0n) is 21.5. The van der Waals surface area contributed by atoms with Gasteiger partial charge in [0.2, 0.25) is 0 Å². The van der Waals surface area contributed by atoms with Gasteiger partial charge in [-0.2, -0.15) is 0 Å². The largest absolute Gasteiger partial charge is 0.493 e. The van der Waals surface area contributed by atoms with Crippen LogP contribution in [0.5, 0.6) is 11.5 Å². The van der Waals surface area contributed by atoms with Crippen molar-refractivity contribution in [2.45, 2.75) is 58.1 Å². The summed E-state index contributed by atoms with van der Waals surface area (Å²) in [7, 11) is 0. The highest BCUT2D eigenvalue weighted by atomic mass is 19.1. The normalized spacial score (nSPS) is 22.7. The lowest BCUT2D eigenvalue weighted by molar-refractivity contribution is -0.142. The molecule has 1 saturated heterocycles. The molecule has 5 rings (SSSR count). The minimum Gasteiger partial charge on any atom is -0.493 e. The fraction of sp³-hybridized carbons (Fsp3) is 0.517. The highest BCUT2D eigenvalue weighted by Gasteiger charge is 2.51. The van der Waals surface area contributed by atoms with Crippen molar-refractivity contribution in [1.29, 1.82) is 0 Å². The summed E-state index contributed by atoms with van der Waals surface area (Å²) in [5, 5.41) is 13.7. The van der Waals surface area contributed by atoms with E-state index in [1.807, 2.05) is 26.0 Å². The molecule has 198 valence electrons. The van der Waals surface area contributed by atoms with Gasteiger partial charge in [-0.3, -0.25) is 9.69 Å². The number of likely N-dealkylation sites (tertiary alicyclic amines) is 1. The van der Waals surface area contributed by atoms with Crippen LogP contribution in [0.3, 0.4) is 0 Å². The van der Waals surface area contributed by atoms with Gasteiger partial charge in [0, 0.05) is 37.5 Å². The molecule has 8 heteroatoms. The topological polar surface area (TPSA) is 80.6 Å². The van der Waals surface area contributed by atoms with Crippen LogP contribution in [0, 0.1) is 17.7 Å². The predicted octanol–water partition coefficient (Wildman–Crippen LogP) is 5.51. The van der Waals surface area contributed by atoms with Crippen molar-refractivity contribution >= 4 is 11.7 Å². The van der Waals surface area contributed by atoms with Crippen LogP contribution < -0.4 is 9.47 Å². The quantitative estimate of drug-likeness (QED) is 0.479. The fourth-order valence-corrected chi connectivity index (χ4v) is 5.94. The Labute approximate surface area is 217 Å². The van der Waals surface area contributed by atoms with Crippen molar-refractivity contribution in [2.24, 2.45) is 17.0 Å². The van der Waals surface area contributed by atoms with Crippen molar-refractivity contribution in [2.75, 3.05) is 26.3 Å². The van der Waals surface area contributed by atoms with Crippen molar-refractivity contribution in [1.82, 2.24) is 4.90 Å². The van der Waals surface area contributed by atoms with Gasteiger partial charge in [0.1, 0.15) is 17.3 Å². The predicted molar refractivity (Wildman–Crippen MR) is 138 cm³/mol. The highest BCUT2D eigenvalue weighted by molar-refractivity contribution is 5.89. The number of nitrogens with zero attached hydrogens (tertiary/aromatic N) is 2. The van der Waals surface area contributed by atoms with E-state index in [0.29, 0.717) is 38.5 Å². The van der Waals surface area contributed by atoms with E-state index in [-0.39, 0.29) is 17.3 Å². The van der Waals surface area contributed by atoms with Crippen molar-refractivity contribution in [3.8, 4) is 22.6 Å². The van der Waals surface area contributed by atoms with E-state index in [1.54, 1.807) is 12.1 Å². The highest BCUT2D eigenvalue weighted by Crippen LogP contribution is 2.44. The Bertz CT molecular complexity index is 1150. The van der Waals surface area contributed by atoms with Crippen LogP contribution in [0.4, 0.5) is 4.39 Å². The van der Waals surface area contributed by atoms with Crippen molar-refractivity contribution < 1.29 is 28.6 Å². The third-order valence-corrected chi connectivity index (χ3v) is 7.75. The second-order valence-corrected chi connectivity index (χ2v) is 10.4. The van der Waals surface area contributed by atoms with Crippen LogP contribution >= 0.6 is 0 Å². The number of rotatable bonds is 9. The van der Waals surface area contributed by atoms with E-state index >= 15 is 0 Å². The molecular formula is C29H35FN2O5. The molecule has 2 heterocycles. The van der Waals surface area contributed by atoms with Gasteiger partial charge in [-0.05, 0) is 63.3 Å². The fourth-order valence-electron chi connectivity index (χ4n) is 5.94. The number of aliphatic carboxylic acids is 1. The maximum atomic E-state index is 13.6. The number of benzene rings is 2. The van der Waals surface area contributed by atoms with E-state index < -0.39 is 5.97 Å². The molecule has 0 bridgehead atoms. The molecule has 1 spiro atoms. The van der Waals surface area contributed by atoms with Gasteiger partial charge in [0.15, 0.2) is 5.60 Å². The third-order valence-electron chi connectivity index (χ3n) is 7.75. The molecule has 2 aromatic rings. The Balaban J connectivity index is 1.27. The number of carboxylic acid groups (broad SMARTS) is 1. The molecular weight excluding hydrogens is 475 g/mol. The second-order valence-electron chi connectivity index (χ2n) is 10.4. The molecule has 1 N–H and O–H groups in total. The van der Waals surface area contributed by atoms with E-state index in [4.69, 9.17) is 14.3 Å². The Morgan fingerprint density at radius 2 is 1.78 bits per heavy atom. The maximum absolute atomic E-state index is 13.6. The monoisotopic (exact) mass is 510 g/mol. The smallest absolute Gasteiger partial charge is 0.306 e. The molecule has 37 heavy (non-hydrogen) atoms. The summed E-state index contributed by atoms with van der Waals surface area (Å²) in [6, 6.07) is 10.4. The minimum atomic E-state index is -0.683. The van der Waals surface area contributed by atoms with Crippen LogP contribution in [-0.4, -0.2) is 53.6 Å². The lowest BCUT2D eigenvalue weighted by Crippen LogP contribution is -2.61. The molecule has 0 aromatic heterocycles. The first-order valence-corrected chi connectivity index (χ1v) is 13.3. The van der Waals surface area contributed by atoms with Crippen LogP contribution in [0.1, 0.15) is 51.5 Å². The van der Waals surface area contributed by atoms with Crippen molar-refractivity contribution in [3.05, 3.63) is 47.8 Å². The average molecular weight is 511 g/mol. The molecule has 7 nitrogen and oxygen atoms in total. The molecule has 1 saturated carbocycles. The molecule has 0 atom stereocenters. The van der Waals surface area contributed by atoms with Gasteiger partial charge in [-0.25, -0.2) is 4.39 Å². The number of hydrogen-bond donors (Lipinski definition) is 1. The zero-order valence-corrected chi connectivity index (χ0v) is 21.5. The Hall–Kier alpha value is -3.13. The van der Waals surface area contributed by atoms with Gasteiger partial charge in [0.25, 0.3) is 0 Å². The number of carbonyl (C=O) groups is 1. The van der Waals surface area contributed by atoms with Crippen LogP contribution in [0.2, 0.25) is 0 Å². The maximum Gasteiger partial charge on any atom is 0.306 e. The molecule has 1 aliphatic carbocycles. The molecule has 3 aliphatic rings. The molecule has 0 radical (unpaired) electrons. The molecule has 2 fully saturated rings. The number of oxime groups is 1. The molecule has 2 aromatic carbocycles. The number of halogens is 1.